The zero-order valence-electron chi connectivity index (χ0n) is 11.9. The highest BCUT2D eigenvalue weighted by Crippen LogP contribution is 2.18. The molecule has 19 heavy (non-hydrogen) atoms. The number of carbonyl (C=O) groups excluding carboxylic acids is 1. The van der Waals surface area contributed by atoms with Crippen molar-refractivity contribution in [2.75, 3.05) is 6.54 Å². The molecule has 2 N–H and O–H groups in total. The molecule has 0 aliphatic carbocycles. The van der Waals surface area contributed by atoms with E-state index in [9.17, 15) is 4.79 Å². The second-order valence-corrected chi connectivity index (χ2v) is 5.07. The van der Waals surface area contributed by atoms with Crippen LogP contribution in [0.3, 0.4) is 0 Å². The van der Waals surface area contributed by atoms with Gasteiger partial charge in [0, 0.05) is 6.54 Å². The molecule has 0 aliphatic rings. The van der Waals surface area contributed by atoms with Gasteiger partial charge in [0.15, 0.2) is 0 Å². The van der Waals surface area contributed by atoms with E-state index < -0.39 is 11.6 Å². The number of nitrogens with zero attached hydrogens (tertiary/aromatic N) is 1. The Morgan fingerprint density at radius 1 is 1.37 bits per heavy atom. The van der Waals surface area contributed by atoms with Gasteiger partial charge in [-0.15, -0.1) is 0 Å². The summed E-state index contributed by atoms with van der Waals surface area (Å²) in [5, 5.41) is 8.94. The van der Waals surface area contributed by atoms with Crippen LogP contribution < -0.4 is 5.73 Å². The third-order valence-corrected chi connectivity index (χ3v) is 3.13. The van der Waals surface area contributed by atoms with Gasteiger partial charge in [-0.2, -0.15) is 5.26 Å². The van der Waals surface area contributed by atoms with Crippen LogP contribution in [0, 0.1) is 32.1 Å². The molecule has 4 heteroatoms. The van der Waals surface area contributed by atoms with Crippen LogP contribution in [0.5, 0.6) is 0 Å². The molecule has 0 aliphatic heterocycles. The maximum atomic E-state index is 11.9. The molecule has 0 fully saturated rings. The average Bonchev–Trinajstić information content (AvgIpc) is 2.33. The predicted octanol–water partition coefficient (Wildman–Crippen LogP) is 1.94. The number of aryl methyl sites for hydroxylation is 3. The highest BCUT2D eigenvalue weighted by atomic mass is 16.6. The second-order valence-electron chi connectivity index (χ2n) is 5.07. The molecule has 1 unspecified atom stereocenters. The summed E-state index contributed by atoms with van der Waals surface area (Å²) < 4.78 is 5.16. The van der Waals surface area contributed by atoms with Crippen molar-refractivity contribution >= 4 is 5.97 Å². The molecule has 1 aromatic rings. The summed E-state index contributed by atoms with van der Waals surface area (Å²) in [6, 6.07) is 5.97. The predicted molar refractivity (Wildman–Crippen MR) is 73.5 cm³/mol. The SMILES string of the molecule is Cc1cc(C)c(CC(=O)OC(C)(C#N)CN)c(C)c1. The third-order valence-electron chi connectivity index (χ3n) is 3.13. The highest BCUT2D eigenvalue weighted by Gasteiger charge is 2.27. The number of nitriles is 1. The zero-order valence-corrected chi connectivity index (χ0v) is 11.9. The molecule has 0 amide bonds. The van der Waals surface area contributed by atoms with Gasteiger partial charge in [-0.3, -0.25) is 4.79 Å². The van der Waals surface area contributed by atoms with Crippen LogP contribution in [-0.2, 0) is 16.0 Å². The molecular formula is C15H20N2O2. The lowest BCUT2D eigenvalue weighted by Crippen LogP contribution is -2.38. The minimum atomic E-state index is -1.25. The van der Waals surface area contributed by atoms with Gasteiger partial charge in [-0.05, 0) is 44.4 Å². The van der Waals surface area contributed by atoms with E-state index in [4.69, 9.17) is 15.7 Å². The lowest BCUT2D eigenvalue weighted by atomic mass is 9.97. The van der Waals surface area contributed by atoms with Gasteiger partial charge < -0.3 is 10.5 Å². The first-order chi connectivity index (χ1) is 8.81. The number of hydrogen-bond acceptors (Lipinski definition) is 4. The molecular weight excluding hydrogens is 240 g/mol. The van der Waals surface area contributed by atoms with Crippen LogP contribution in [0.15, 0.2) is 12.1 Å². The quantitative estimate of drug-likeness (QED) is 0.839. The Labute approximate surface area is 114 Å². The summed E-state index contributed by atoms with van der Waals surface area (Å²) in [5.41, 5.74) is 8.42. The molecule has 0 spiro atoms. The molecule has 1 rings (SSSR count). The molecule has 4 nitrogen and oxygen atoms in total. The first-order valence-corrected chi connectivity index (χ1v) is 6.21. The van der Waals surface area contributed by atoms with E-state index >= 15 is 0 Å². The molecule has 0 radical (unpaired) electrons. The van der Waals surface area contributed by atoms with E-state index in [1.165, 1.54) is 6.92 Å². The molecule has 1 aromatic carbocycles. The van der Waals surface area contributed by atoms with E-state index in [1.54, 1.807) is 0 Å². The maximum absolute atomic E-state index is 11.9. The Kier molecular flexibility index (Phi) is 4.68. The number of hydrogen-bond donors (Lipinski definition) is 1. The van der Waals surface area contributed by atoms with Gasteiger partial charge in [0.2, 0.25) is 5.60 Å². The lowest BCUT2D eigenvalue weighted by Gasteiger charge is -2.20. The Hall–Kier alpha value is -1.86. The van der Waals surface area contributed by atoms with Crippen LogP contribution in [-0.4, -0.2) is 18.1 Å². The van der Waals surface area contributed by atoms with Crippen molar-refractivity contribution < 1.29 is 9.53 Å². The standard InChI is InChI=1S/C15H20N2O2/c1-10-5-11(2)13(12(3)6-10)7-14(18)19-15(4,8-16)9-17/h5-6H,7-8,16H2,1-4H3. The summed E-state index contributed by atoms with van der Waals surface area (Å²) >= 11 is 0. The van der Waals surface area contributed by atoms with Crippen molar-refractivity contribution in [3.63, 3.8) is 0 Å². The number of benzene rings is 1. The van der Waals surface area contributed by atoms with E-state index in [0.29, 0.717) is 0 Å². The van der Waals surface area contributed by atoms with Gasteiger partial charge in [0.1, 0.15) is 6.07 Å². The topological polar surface area (TPSA) is 76.1 Å². The van der Waals surface area contributed by atoms with E-state index in [2.05, 4.69) is 0 Å². The zero-order chi connectivity index (χ0) is 14.6. The molecule has 0 heterocycles. The van der Waals surface area contributed by atoms with Gasteiger partial charge in [-0.25, -0.2) is 0 Å². The molecule has 0 bridgehead atoms. The molecule has 1 atom stereocenters. The summed E-state index contributed by atoms with van der Waals surface area (Å²) in [6.45, 7) is 7.45. The minimum Gasteiger partial charge on any atom is -0.442 e. The Morgan fingerprint density at radius 3 is 2.32 bits per heavy atom. The lowest BCUT2D eigenvalue weighted by molar-refractivity contribution is -0.151. The number of carbonyl (C=O) groups is 1. The molecule has 102 valence electrons. The van der Waals surface area contributed by atoms with Crippen molar-refractivity contribution in [3.05, 3.63) is 34.4 Å². The van der Waals surface area contributed by atoms with Crippen molar-refractivity contribution in [1.82, 2.24) is 0 Å². The fourth-order valence-electron chi connectivity index (χ4n) is 2.03. The van der Waals surface area contributed by atoms with Gasteiger partial charge in [-0.1, -0.05) is 17.7 Å². The van der Waals surface area contributed by atoms with Crippen LogP contribution in [0.2, 0.25) is 0 Å². The van der Waals surface area contributed by atoms with Crippen LogP contribution >= 0.6 is 0 Å². The van der Waals surface area contributed by atoms with E-state index in [1.807, 2.05) is 39.0 Å². The van der Waals surface area contributed by atoms with Gasteiger partial charge >= 0.3 is 5.97 Å². The Balaban J connectivity index is 2.87. The van der Waals surface area contributed by atoms with E-state index in [-0.39, 0.29) is 13.0 Å². The highest BCUT2D eigenvalue weighted by molar-refractivity contribution is 5.74. The first kappa shape index (κ1) is 15.2. The Bertz CT molecular complexity index is 508. The van der Waals surface area contributed by atoms with Crippen molar-refractivity contribution in [2.24, 2.45) is 5.73 Å². The van der Waals surface area contributed by atoms with Crippen LogP contribution in [0.4, 0.5) is 0 Å². The summed E-state index contributed by atoms with van der Waals surface area (Å²) in [5.74, 6) is -0.426. The van der Waals surface area contributed by atoms with Gasteiger partial charge in [0.05, 0.1) is 6.42 Å². The molecule has 0 saturated heterocycles. The van der Waals surface area contributed by atoms with Gasteiger partial charge in [0.25, 0.3) is 0 Å². The number of rotatable bonds is 4. The second kappa shape index (κ2) is 5.85. The molecule has 0 aromatic heterocycles. The largest absolute Gasteiger partial charge is 0.442 e. The van der Waals surface area contributed by atoms with Crippen LogP contribution in [0.1, 0.15) is 29.2 Å². The van der Waals surface area contributed by atoms with E-state index in [0.717, 1.165) is 22.3 Å². The van der Waals surface area contributed by atoms with Crippen molar-refractivity contribution in [3.8, 4) is 6.07 Å². The van der Waals surface area contributed by atoms with Crippen LogP contribution in [0.25, 0.3) is 0 Å². The normalized spacial score (nSPS) is 13.5. The Morgan fingerprint density at radius 2 is 1.89 bits per heavy atom. The monoisotopic (exact) mass is 260 g/mol. The minimum absolute atomic E-state index is 0.0128. The maximum Gasteiger partial charge on any atom is 0.311 e. The number of ether oxygens (including phenoxy) is 1. The third kappa shape index (κ3) is 3.80. The van der Waals surface area contributed by atoms with Crippen molar-refractivity contribution in [2.45, 2.75) is 39.7 Å². The number of nitrogens with two attached hydrogens (primary N) is 1. The summed E-state index contributed by atoms with van der Waals surface area (Å²) in [4.78, 5) is 11.9. The number of esters is 1. The molecule has 0 saturated carbocycles. The first-order valence-electron chi connectivity index (χ1n) is 6.21. The fourth-order valence-corrected chi connectivity index (χ4v) is 2.03. The smallest absolute Gasteiger partial charge is 0.311 e. The summed E-state index contributed by atoms with van der Waals surface area (Å²) in [6.07, 6.45) is 0.162. The average molecular weight is 260 g/mol. The fraction of sp³-hybridized carbons (Fsp3) is 0.467. The van der Waals surface area contributed by atoms with Crippen molar-refractivity contribution in [1.29, 1.82) is 5.26 Å². The summed E-state index contributed by atoms with van der Waals surface area (Å²) in [7, 11) is 0.